The Bertz CT molecular complexity index is 1160. The van der Waals surface area contributed by atoms with Gasteiger partial charge in [0, 0.05) is 37.0 Å². The average molecular weight is 511 g/mol. The van der Waals surface area contributed by atoms with Gasteiger partial charge >= 0.3 is 6.03 Å². The molecule has 198 valence electrons. The van der Waals surface area contributed by atoms with Gasteiger partial charge in [-0.1, -0.05) is 18.8 Å². The highest BCUT2D eigenvalue weighted by Gasteiger charge is 2.34. The predicted molar refractivity (Wildman–Crippen MR) is 139 cm³/mol. The minimum atomic E-state index is -0.829. The summed E-state index contributed by atoms with van der Waals surface area (Å²) in [6.07, 6.45) is 0.156. The number of amides is 3. The zero-order valence-corrected chi connectivity index (χ0v) is 21.8. The number of likely N-dealkylation sites (N-methyl/N-ethyl adjacent to an activating group) is 1. The van der Waals surface area contributed by atoms with Gasteiger partial charge < -0.3 is 34.8 Å². The molecule has 1 aliphatic rings. The number of nitrogens with one attached hydrogen (secondary N) is 1. The van der Waals surface area contributed by atoms with Crippen LogP contribution in [-0.2, 0) is 0 Å². The topological polar surface area (TPSA) is 124 Å². The van der Waals surface area contributed by atoms with Crippen molar-refractivity contribution in [2.45, 2.75) is 39.0 Å². The quantitative estimate of drug-likeness (QED) is 0.509. The summed E-state index contributed by atoms with van der Waals surface area (Å²) in [5, 5.41) is 22.1. The fraction of sp³-hybridized carbons (Fsp3) is 0.444. The van der Waals surface area contributed by atoms with Gasteiger partial charge in [0.2, 0.25) is 5.88 Å². The van der Waals surface area contributed by atoms with Crippen molar-refractivity contribution in [2.75, 3.05) is 39.2 Å². The van der Waals surface area contributed by atoms with Gasteiger partial charge in [-0.05, 0) is 44.2 Å². The number of hydrogen-bond acceptors (Lipinski definition) is 7. The zero-order chi connectivity index (χ0) is 27.1. The number of nitrogens with zero attached hydrogens (tertiary/aromatic N) is 3. The third kappa shape index (κ3) is 7.12. The molecule has 10 nitrogen and oxygen atoms in total. The second-order valence-corrected chi connectivity index (χ2v) is 9.18. The molecule has 0 radical (unpaired) electrons. The first kappa shape index (κ1) is 27.8. The Morgan fingerprint density at radius 3 is 2.68 bits per heavy atom. The third-order valence-corrected chi connectivity index (χ3v) is 6.09. The Morgan fingerprint density at radius 1 is 1.35 bits per heavy atom. The second kappa shape index (κ2) is 12.4. The summed E-state index contributed by atoms with van der Waals surface area (Å²) >= 11 is 0. The van der Waals surface area contributed by atoms with Gasteiger partial charge in [-0.2, -0.15) is 0 Å². The highest BCUT2D eigenvalue weighted by atomic mass is 16.5. The number of anilines is 1. The molecule has 0 bridgehead atoms. The smallest absolute Gasteiger partial charge is 0.321 e. The number of pyridine rings is 1. The SMILES string of the molecule is COc1ccc(NC(=O)N(C)C[C@H]2Oc3ncc(C#C[C@H](C)O)cc3C(=O)N([C@H](C)CO)C[C@H]2C)cc1. The van der Waals surface area contributed by atoms with Gasteiger partial charge in [-0.3, -0.25) is 4.79 Å². The molecule has 37 heavy (non-hydrogen) atoms. The maximum Gasteiger partial charge on any atom is 0.321 e. The Hall–Kier alpha value is -3.81. The largest absolute Gasteiger partial charge is 0.497 e. The lowest BCUT2D eigenvalue weighted by molar-refractivity contribution is 0.0356. The summed E-state index contributed by atoms with van der Waals surface area (Å²) in [7, 11) is 3.24. The number of ether oxygens (including phenoxy) is 2. The molecular weight excluding hydrogens is 476 g/mol. The molecule has 0 aliphatic carbocycles. The molecule has 2 aromatic rings. The molecule has 1 aliphatic heterocycles. The first-order chi connectivity index (χ1) is 17.6. The second-order valence-electron chi connectivity index (χ2n) is 9.18. The molecular formula is C27H34N4O6. The monoisotopic (exact) mass is 510 g/mol. The molecule has 2 heterocycles. The van der Waals surface area contributed by atoms with E-state index in [4.69, 9.17) is 9.47 Å². The highest BCUT2D eigenvalue weighted by molar-refractivity contribution is 5.97. The fourth-order valence-corrected chi connectivity index (χ4v) is 3.82. The van der Waals surface area contributed by atoms with Crippen molar-refractivity contribution in [3.8, 4) is 23.5 Å². The molecule has 0 saturated carbocycles. The van der Waals surface area contributed by atoms with Crippen molar-refractivity contribution in [3.05, 3.63) is 47.7 Å². The van der Waals surface area contributed by atoms with Crippen molar-refractivity contribution < 1.29 is 29.3 Å². The molecule has 3 amide bonds. The van der Waals surface area contributed by atoms with E-state index >= 15 is 0 Å². The molecule has 0 fully saturated rings. The van der Waals surface area contributed by atoms with Crippen LogP contribution in [0.25, 0.3) is 0 Å². The Kier molecular flexibility index (Phi) is 9.33. The van der Waals surface area contributed by atoms with Crippen molar-refractivity contribution in [1.82, 2.24) is 14.8 Å². The van der Waals surface area contributed by atoms with Gasteiger partial charge in [-0.15, -0.1) is 0 Å². The van der Waals surface area contributed by atoms with E-state index in [0.29, 0.717) is 23.5 Å². The normalized spacial score (nSPS) is 18.7. The van der Waals surface area contributed by atoms with Crippen molar-refractivity contribution >= 4 is 17.6 Å². The van der Waals surface area contributed by atoms with Crippen molar-refractivity contribution in [2.24, 2.45) is 5.92 Å². The Labute approximate surface area is 217 Å². The van der Waals surface area contributed by atoms with E-state index < -0.39 is 18.2 Å². The summed E-state index contributed by atoms with van der Waals surface area (Å²) in [5.41, 5.74) is 1.28. The lowest BCUT2D eigenvalue weighted by Crippen LogP contribution is -2.50. The summed E-state index contributed by atoms with van der Waals surface area (Å²) in [6.45, 7) is 5.56. The summed E-state index contributed by atoms with van der Waals surface area (Å²) in [6, 6.07) is 7.82. The van der Waals surface area contributed by atoms with Crippen LogP contribution in [0.15, 0.2) is 36.5 Å². The molecule has 0 saturated heterocycles. The minimum Gasteiger partial charge on any atom is -0.497 e. The van der Waals surface area contributed by atoms with E-state index in [9.17, 15) is 19.8 Å². The molecule has 4 atom stereocenters. The molecule has 10 heteroatoms. The van der Waals surface area contributed by atoms with E-state index in [1.165, 1.54) is 11.1 Å². The number of aliphatic hydroxyl groups is 2. The average Bonchev–Trinajstić information content (AvgIpc) is 2.89. The lowest BCUT2D eigenvalue weighted by atomic mass is 10.00. The molecule has 1 aromatic carbocycles. The van der Waals surface area contributed by atoms with E-state index in [-0.39, 0.29) is 42.5 Å². The van der Waals surface area contributed by atoms with Crippen LogP contribution in [0.3, 0.4) is 0 Å². The number of hydrogen-bond donors (Lipinski definition) is 3. The van der Waals surface area contributed by atoms with Gasteiger partial charge in [0.1, 0.15) is 23.5 Å². The van der Waals surface area contributed by atoms with Crippen LogP contribution in [-0.4, -0.2) is 89.0 Å². The first-order valence-corrected chi connectivity index (χ1v) is 12.1. The van der Waals surface area contributed by atoms with E-state index in [1.807, 2.05) is 6.92 Å². The lowest BCUT2D eigenvalue weighted by Gasteiger charge is -2.37. The predicted octanol–water partition coefficient (Wildman–Crippen LogP) is 2.21. The number of aromatic nitrogens is 1. The maximum atomic E-state index is 13.4. The van der Waals surface area contributed by atoms with Crippen LogP contribution in [0.4, 0.5) is 10.5 Å². The number of methoxy groups -OCH3 is 1. The van der Waals surface area contributed by atoms with Gasteiger partial charge in [-0.25, -0.2) is 9.78 Å². The third-order valence-electron chi connectivity index (χ3n) is 6.09. The van der Waals surface area contributed by atoms with E-state index in [1.54, 1.807) is 63.2 Å². The highest BCUT2D eigenvalue weighted by Crippen LogP contribution is 2.27. The van der Waals surface area contributed by atoms with Crippen LogP contribution in [0.5, 0.6) is 11.6 Å². The summed E-state index contributed by atoms with van der Waals surface area (Å²) in [4.78, 5) is 33.7. The number of carbonyl (C=O) groups is 2. The number of fused-ring (bicyclic) bond motifs is 1. The number of benzene rings is 1. The van der Waals surface area contributed by atoms with E-state index in [2.05, 4.69) is 22.1 Å². The number of carbonyl (C=O) groups excluding carboxylic acids is 2. The standard InChI is InChI=1S/C27H34N4O6/c1-17-14-31(18(2)16-32)26(34)23-12-20(7-6-19(3)33)13-28-25(23)37-24(17)15-30(4)27(35)29-21-8-10-22(36-5)11-9-21/h8-13,17-19,24,32-33H,14-16H2,1-5H3,(H,29,35)/t17-,18-,19+,24-/m1/s1. The van der Waals surface area contributed by atoms with Crippen LogP contribution >= 0.6 is 0 Å². The molecule has 0 spiro atoms. The maximum absolute atomic E-state index is 13.4. The van der Waals surface area contributed by atoms with Crippen LogP contribution in [0, 0.1) is 17.8 Å². The summed E-state index contributed by atoms with van der Waals surface area (Å²) < 4.78 is 11.4. The van der Waals surface area contributed by atoms with Crippen LogP contribution in [0.2, 0.25) is 0 Å². The minimum absolute atomic E-state index is 0.128. The number of rotatable bonds is 6. The Morgan fingerprint density at radius 2 is 2.05 bits per heavy atom. The van der Waals surface area contributed by atoms with Crippen LogP contribution in [0.1, 0.15) is 36.7 Å². The van der Waals surface area contributed by atoms with Gasteiger partial charge in [0.15, 0.2) is 0 Å². The molecule has 3 N–H and O–H groups in total. The zero-order valence-electron chi connectivity index (χ0n) is 21.8. The van der Waals surface area contributed by atoms with Crippen LogP contribution < -0.4 is 14.8 Å². The van der Waals surface area contributed by atoms with Crippen molar-refractivity contribution in [1.29, 1.82) is 0 Å². The summed E-state index contributed by atoms with van der Waals surface area (Å²) in [5.74, 6) is 5.74. The number of aliphatic hydroxyl groups excluding tert-OH is 2. The number of urea groups is 1. The fourth-order valence-electron chi connectivity index (χ4n) is 3.82. The Balaban J connectivity index is 1.85. The molecule has 3 rings (SSSR count). The first-order valence-electron chi connectivity index (χ1n) is 12.1. The van der Waals surface area contributed by atoms with Gasteiger partial charge in [0.25, 0.3) is 5.91 Å². The molecule has 1 aromatic heterocycles. The van der Waals surface area contributed by atoms with Gasteiger partial charge in [0.05, 0.1) is 26.3 Å². The van der Waals surface area contributed by atoms with E-state index in [0.717, 1.165) is 0 Å². The molecule has 0 unspecified atom stereocenters. The van der Waals surface area contributed by atoms with Crippen molar-refractivity contribution in [3.63, 3.8) is 0 Å².